The van der Waals surface area contributed by atoms with E-state index in [9.17, 15) is 0 Å². The normalized spacial score (nSPS) is 19.5. The van der Waals surface area contributed by atoms with Gasteiger partial charge in [0.1, 0.15) is 13.2 Å². The van der Waals surface area contributed by atoms with Crippen LogP contribution in [0.15, 0.2) is 12.1 Å². The fourth-order valence-corrected chi connectivity index (χ4v) is 3.01. The van der Waals surface area contributed by atoms with Gasteiger partial charge in [-0.25, -0.2) is 0 Å². The molecule has 4 nitrogen and oxygen atoms in total. The third-order valence-corrected chi connectivity index (χ3v) is 4.41. The molecule has 0 atom stereocenters. The van der Waals surface area contributed by atoms with Crippen molar-refractivity contribution < 1.29 is 14.2 Å². The SMILES string of the molecule is COC1(CNCc2cc(Cl)c3c(c2)OCCO3)CCC1. The molecule has 0 unspecified atom stereocenters. The molecule has 1 heterocycles. The van der Waals surface area contributed by atoms with Crippen molar-refractivity contribution >= 4 is 11.6 Å². The van der Waals surface area contributed by atoms with Crippen LogP contribution in [0, 0.1) is 0 Å². The molecule has 1 N–H and O–H groups in total. The highest BCUT2D eigenvalue weighted by Crippen LogP contribution is 2.38. The number of halogens is 1. The number of fused-ring (bicyclic) bond motifs is 1. The third-order valence-electron chi connectivity index (χ3n) is 4.13. The number of nitrogens with one attached hydrogen (secondary N) is 1. The van der Waals surface area contributed by atoms with E-state index in [-0.39, 0.29) is 5.60 Å². The molecule has 2 aliphatic rings. The Hall–Kier alpha value is -0.970. The lowest BCUT2D eigenvalue weighted by atomic mass is 9.80. The Balaban J connectivity index is 1.61. The summed E-state index contributed by atoms with van der Waals surface area (Å²) in [6, 6.07) is 3.93. The van der Waals surface area contributed by atoms with Crippen LogP contribution in [0.1, 0.15) is 24.8 Å². The first-order valence-electron chi connectivity index (χ1n) is 7.06. The van der Waals surface area contributed by atoms with Crippen molar-refractivity contribution in [3.8, 4) is 11.5 Å². The van der Waals surface area contributed by atoms with Crippen molar-refractivity contribution in [2.45, 2.75) is 31.4 Å². The van der Waals surface area contributed by atoms with Gasteiger partial charge in [-0.05, 0) is 37.0 Å². The fraction of sp³-hybridized carbons (Fsp3) is 0.600. The second kappa shape index (κ2) is 5.80. The van der Waals surface area contributed by atoms with E-state index in [0.717, 1.165) is 37.2 Å². The molecule has 3 rings (SSSR count). The molecule has 0 aromatic heterocycles. The molecule has 0 saturated heterocycles. The Morgan fingerprint density at radius 3 is 2.80 bits per heavy atom. The van der Waals surface area contributed by atoms with Gasteiger partial charge in [0.2, 0.25) is 0 Å². The van der Waals surface area contributed by atoms with Gasteiger partial charge in [-0.3, -0.25) is 0 Å². The molecule has 0 spiro atoms. The standard InChI is InChI=1S/C15H20ClNO3/c1-18-15(3-2-4-15)10-17-9-11-7-12(16)14-13(8-11)19-5-6-20-14/h7-8,17H,2-6,9-10H2,1H3. The number of hydrogen-bond acceptors (Lipinski definition) is 4. The lowest BCUT2D eigenvalue weighted by Gasteiger charge is -2.40. The van der Waals surface area contributed by atoms with Gasteiger partial charge < -0.3 is 19.5 Å². The predicted molar refractivity (Wildman–Crippen MR) is 77.7 cm³/mol. The number of rotatable bonds is 5. The Bertz CT molecular complexity index is 483. The Morgan fingerprint density at radius 1 is 1.30 bits per heavy atom. The van der Waals surface area contributed by atoms with E-state index in [1.165, 1.54) is 6.42 Å². The summed E-state index contributed by atoms with van der Waals surface area (Å²) in [5.74, 6) is 1.40. The van der Waals surface area contributed by atoms with Gasteiger partial charge in [0, 0.05) is 20.2 Å². The molecule has 1 aliphatic carbocycles. The molecule has 0 amide bonds. The van der Waals surface area contributed by atoms with Gasteiger partial charge >= 0.3 is 0 Å². The molecule has 110 valence electrons. The third kappa shape index (κ3) is 2.73. The predicted octanol–water partition coefficient (Wildman–Crippen LogP) is 2.77. The second-order valence-electron chi connectivity index (χ2n) is 5.45. The van der Waals surface area contributed by atoms with Crippen molar-refractivity contribution in [3.63, 3.8) is 0 Å². The minimum absolute atomic E-state index is 0.0393. The monoisotopic (exact) mass is 297 g/mol. The molecule has 1 aromatic rings. The number of ether oxygens (including phenoxy) is 3. The number of benzene rings is 1. The minimum atomic E-state index is 0.0393. The van der Waals surface area contributed by atoms with Crippen LogP contribution in [0.5, 0.6) is 11.5 Å². The first kappa shape index (κ1) is 14.0. The minimum Gasteiger partial charge on any atom is -0.486 e. The second-order valence-corrected chi connectivity index (χ2v) is 5.85. The van der Waals surface area contributed by atoms with Crippen LogP contribution < -0.4 is 14.8 Å². The van der Waals surface area contributed by atoms with Crippen LogP contribution >= 0.6 is 11.6 Å². The smallest absolute Gasteiger partial charge is 0.179 e. The average molecular weight is 298 g/mol. The van der Waals surface area contributed by atoms with Crippen molar-refractivity contribution in [2.24, 2.45) is 0 Å². The molecule has 0 radical (unpaired) electrons. The Morgan fingerprint density at radius 2 is 2.10 bits per heavy atom. The van der Waals surface area contributed by atoms with E-state index >= 15 is 0 Å². The maximum Gasteiger partial charge on any atom is 0.179 e. The lowest BCUT2D eigenvalue weighted by Crippen LogP contribution is -2.47. The van der Waals surface area contributed by atoms with Crippen LogP contribution in [0.3, 0.4) is 0 Å². The maximum absolute atomic E-state index is 6.22. The summed E-state index contributed by atoms with van der Waals surface area (Å²) in [5, 5.41) is 4.06. The molecule has 0 bridgehead atoms. The first-order chi connectivity index (χ1) is 9.72. The summed E-state index contributed by atoms with van der Waals surface area (Å²) >= 11 is 6.22. The highest BCUT2D eigenvalue weighted by Gasteiger charge is 2.36. The van der Waals surface area contributed by atoms with Gasteiger partial charge in [-0.15, -0.1) is 0 Å². The molecule has 1 aromatic carbocycles. The summed E-state index contributed by atoms with van der Waals surface area (Å²) in [4.78, 5) is 0. The summed E-state index contributed by atoms with van der Waals surface area (Å²) in [7, 11) is 1.79. The van der Waals surface area contributed by atoms with Gasteiger partial charge in [0.05, 0.1) is 10.6 Å². The highest BCUT2D eigenvalue weighted by atomic mass is 35.5. The fourth-order valence-electron chi connectivity index (χ4n) is 2.73. The number of hydrogen-bond donors (Lipinski definition) is 1. The van der Waals surface area contributed by atoms with E-state index in [0.29, 0.717) is 24.0 Å². The average Bonchev–Trinajstić information content (AvgIpc) is 2.42. The van der Waals surface area contributed by atoms with Crippen LogP contribution in [0.2, 0.25) is 5.02 Å². The van der Waals surface area contributed by atoms with Crippen molar-refractivity contribution in [1.82, 2.24) is 5.32 Å². The molecular weight excluding hydrogens is 278 g/mol. The summed E-state index contributed by atoms with van der Waals surface area (Å²) in [6.45, 7) is 2.75. The van der Waals surface area contributed by atoms with Crippen molar-refractivity contribution in [2.75, 3.05) is 26.9 Å². The zero-order valence-corrected chi connectivity index (χ0v) is 12.5. The van der Waals surface area contributed by atoms with Crippen molar-refractivity contribution in [3.05, 3.63) is 22.7 Å². The van der Waals surface area contributed by atoms with Crippen LogP contribution in [0.4, 0.5) is 0 Å². The van der Waals surface area contributed by atoms with Crippen LogP contribution in [-0.4, -0.2) is 32.5 Å². The largest absolute Gasteiger partial charge is 0.486 e. The Kier molecular flexibility index (Phi) is 4.06. The molecule has 5 heteroatoms. The quantitative estimate of drug-likeness (QED) is 0.907. The van der Waals surface area contributed by atoms with E-state index in [1.54, 1.807) is 7.11 Å². The summed E-state index contributed by atoms with van der Waals surface area (Å²) < 4.78 is 16.7. The lowest BCUT2D eigenvalue weighted by molar-refractivity contribution is -0.0695. The molecule has 1 aliphatic heterocycles. The zero-order valence-electron chi connectivity index (χ0n) is 11.7. The maximum atomic E-state index is 6.22. The molecule has 20 heavy (non-hydrogen) atoms. The summed E-state index contributed by atoms with van der Waals surface area (Å²) in [6.07, 6.45) is 3.53. The molecular formula is C15H20ClNO3. The van der Waals surface area contributed by atoms with Crippen molar-refractivity contribution in [1.29, 1.82) is 0 Å². The number of methoxy groups -OCH3 is 1. The van der Waals surface area contributed by atoms with E-state index in [2.05, 4.69) is 5.32 Å². The van der Waals surface area contributed by atoms with E-state index in [4.69, 9.17) is 25.8 Å². The Labute approximate surface area is 124 Å². The molecule has 1 fully saturated rings. The van der Waals surface area contributed by atoms with Gasteiger partial charge in [0.15, 0.2) is 11.5 Å². The van der Waals surface area contributed by atoms with E-state index in [1.807, 2.05) is 12.1 Å². The van der Waals surface area contributed by atoms with Crippen LogP contribution in [0.25, 0.3) is 0 Å². The van der Waals surface area contributed by atoms with Crippen LogP contribution in [-0.2, 0) is 11.3 Å². The van der Waals surface area contributed by atoms with Gasteiger partial charge in [0.25, 0.3) is 0 Å². The van der Waals surface area contributed by atoms with Gasteiger partial charge in [-0.1, -0.05) is 11.6 Å². The first-order valence-corrected chi connectivity index (χ1v) is 7.44. The summed E-state index contributed by atoms with van der Waals surface area (Å²) in [5.41, 5.74) is 1.14. The van der Waals surface area contributed by atoms with E-state index < -0.39 is 0 Å². The molecule has 1 saturated carbocycles. The highest BCUT2D eigenvalue weighted by molar-refractivity contribution is 6.32. The topological polar surface area (TPSA) is 39.7 Å². The van der Waals surface area contributed by atoms with Gasteiger partial charge in [-0.2, -0.15) is 0 Å². The zero-order chi connectivity index (χ0) is 14.0.